The molecule has 0 atom stereocenters. The van der Waals surface area contributed by atoms with E-state index in [1.165, 1.54) is 54.9 Å². The van der Waals surface area contributed by atoms with E-state index in [2.05, 4.69) is 69.5 Å². The summed E-state index contributed by atoms with van der Waals surface area (Å²) in [6.45, 7) is 4.04. The Labute approximate surface area is 207 Å². The first-order valence-electron chi connectivity index (χ1n) is 12.4. The number of hydrogen-bond donors (Lipinski definition) is 2. The lowest BCUT2D eigenvalue weighted by molar-refractivity contribution is 0.912. The van der Waals surface area contributed by atoms with Gasteiger partial charge in [-0.1, -0.05) is 36.4 Å². The minimum absolute atomic E-state index is 0.918. The van der Waals surface area contributed by atoms with Crippen molar-refractivity contribution in [3.8, 4) is 22.4 Å². The summed E-state index contributed by atoms with van der Waals surface area (Å²) in [5.41, 5.74) is 9.56. The van der Waals surface area contributed by atoms with Crippen LogP contribution in [0.4, 0.5) is 0 Å². The fraction of sp³-hybridized carbons (Fsp3) is 0.129. The number of imidazole rings is 2. The zero-order valence-corrected chi connectivity index (χ0v) is 20.1. The van der Waals surface area contributed by atoms with Crippen LogP contribution in [0.2, 0.25) is 0 Å². The number of H-pyrrole nitrogens is 2. The molecule has 7 aromatic rings. The Hall–Kier alpha value is -4.51. The molecule has 3 heterocycles. The fourth-order valence-electron chi connectivity index (χ4n) is 6.12. The van der Waals surface area contributed by atoms with Gasteiger partial charge in [0.15, 0.2) is 0 Å². The minimum Gasteiger partial charge on any atom is -0.346 e. The number of aromatic amines is 2. The van der Waals surface area contributed by atoms with Gasteiger partial charge in [0.05, 0.1) is 16.7 Å². The average Bonchev–Trinajstić information content (AvgIpc) is 3.49. The highest BCUT2D eigenvalue weighted by Gasteiger charge is 2.21. The van der Waals surface area contributed by atoms with Crippen molar-refractivity contribution in [2.75, 3.05) is 0 Å². The number of nitrogens with zero attached hydrogens (tertiary/aromatic N) is 3. The highest BCUT2D eigenvalue weighted by Crippen LogP contribution is 2.39. The zero-order valence-electron chi connectivity index (χ0n) is 20.1. The van der Waals surface area contributed by atoms with E-state index in [1.54, 1.807) is 0 Å². The van der Waals surface area contributed by atoms with E-state index in [1.807, 2.05) is 26.2 Å². The van der Waals surface area contributed by atoms with Crippen molar-refractivity contribution >= 4 is 43.4 Å². The number of aromatic nitrogens is 5. The molecule has 1 aliphatic carbocycles. The van der Waals surface area contributed by atoms with E-state index >= 15 is 0 Å². The molecule has 8 rings (SSSR count). The standard InChI is InChI=1S/C31H23N5/c1-16-33-28-10-9-22-21-6-3-18(13-20(21)5-8-24(22)29(28)34-16)19-4-7-25-26(14-19)23-11-12-32-15-27(23)31-30(25)35-17(2)36-31/h3-8,11-15H,9-10H2,1-2H3,(H,33,34)(H,35,36). The number of pyridine rings is 1. The number of fused-ring (bicyclic) bond motifs is 11. The normalized spacial score (nSPS) is 13.1. The van der Waals surface area contributed by atoms with E-state index in [-0.39, 0.29) is 0 Å². The van der Waals surface area contributed by atoms with Gasteiger partial charge >= 0.3 is 0 Å². The topological polar surface area (TPSA) is 70.2 Å². The lowest BCUT2D eigenvalue weighted by Crippen LogP contribution is -2.04. The summed E-state index contributed by atoms with van der Waals surface area (Å²) in [5.74, 6) is 1.91. The van der Waals surface area contributed by atoms with Gasteiger partial charge in [0.2, 0.25) is 0 Å². The Bertz CT molecular complexity index is 2020. The third-order valence-electron chi connectivity index (χ3n) is 7.72. The van der Waals surface area contributed by atoms with Gasteiger partial charge in [-0.25, -0.2) is 9.97 Å². The molecule has 3 aromatic heterocycles. The second-order valence-electron chi connectivity index (χ2n) is 9.90. The Morgan fingerprint density at radius 3 is 2.44 bits per heavy atom. The molecule has 0 amide bonds. The van der Waals surface area contributed by atoms with Crippen LogP contribution >= 0.6 is 0 Å². The number of hydrogen-bond acceptors (Lipinski definition) is 3. The maximum Gasteiger partial charge on any atom is 0.104 e. The Balaban J connectivity index is 1.32. The van der Waals surface area contributed by atoms with Crippen molar-refractivity contribution in [2.24, 2.45) is 0 Å². The third-order valence-corrected chi connectivity index (χ3v) is 7.72. The summed E-state index contributed by atoms with van der Waals surface area (Å²) in [5, 5.41) is 7.27. The molecular weight excluding hydrogens is 442 g/mol. The molecule has 0 spiro atoms. The van der Waals surface area contributed by atoms with Crippen LogP contribution in [0.25, 0.3) is 65.7 Å². The van der Waals surface area contributed by atoms with E-state index < -0.39 is 0 Å². The second-order valence-corrected chi connectivity index (χ2v) is 9.90. The number of nitrogens with one attached hydrogen (secondary N) is 2. The van der Waals surface area contributed by atoms with Crippen molar-refractivity contribution in [1.82, 2.24) is 24.9 Å². The van der Waals surface area contributed by atoms with Crippen molar-refractivity contribution in [3.63, 3.8) is 0 Å². The molecule has 0 aliphatic heterocycles. The van der Waals surface area contributed by atoms with Crippen LogP contribution in [-0.2, 0) is 12.8 Å². The van der Waals surface area contributed by atoms with Crippen LogP contribution in [0.3, 0.4) is 0 Å². The summed E-state index contributed by atoms with van der Waals surface area (Å²) in [7, 11) is 0. The molecular formula is C31H23N5. The molecule has 5 heteroatoms. The predicted octanol–water partition coefficient (Wildman–Crippen LogP) is 7.19. The highest BCUT2D eigenvalue weighted by atomic mass is 14.9. The van der Waals surface area contributed by atoms with Crippen molar-refractivity contribution in [1.29, 1.82) is 0 Å². The smallest absolute Gasteiger partial charge is 0.104 e. The molecule has 5 nitrogen and oxygen atoms in total. The number of benzene rings is 4. The first-order valence-corrected chi connectivity index (χ1v) is 12.4. The van der Waals surface area contributed by atoms with Crippen molar-refractivity contribution < 1.29 is 0 Å². The third kappa shape index (κ3) is 2.68. The van der Waals surface area contributed by atoms with E-state index in [4.69, 9.17) is 9.97 Å². The van der Waals surface area contributed by atoms with Crippen LogP contribution in [0.1, 0.15) is 22.9 Å². The largest absolute Gasteiger partial charge is 0.346 e. The summed E-state index contributed by atoms with van der Waals surface area (Å²) >= 11 is 0. The van der Waals surface area contributed by atoms with Crippen LogP contribution in [0.15, 0.2) is 67.0 Å². The molecule has 2 N–H and O–H groups in total. The van der Waals surface area contributed by atoms with Crippen LogP contribution < -0.4 is 0 Å². The summed E-state index contributed by atoms with van der Waals surface area (Å²) in [6.07, 6.45) is 5.84. The Morgan fingerprint density at radius 2 is 1.53 bits per heavy atom. The fourth-order valence-corrected chi connectivity index (χ4v) is 6.12. The van der Waals surface area contributed by atoms with Gasteiger partial charge in [-0.2, -0.15) is 0 Å². The minimum atomic E-state index is 0.918. The van der Waals surface area contributed by atoms with E-state index in [0.29, 0.717) is 0 Å². The maximum atomic E-state index is 4.77. The van der Waals surface area contributed by atoms with Gasteiger partial charge in [0.25, 0.3) is 0 Å². The molecule has 36 heavy (non-hydrogen) atoms. The molecule has 172 valence electrons. The molecule has 0 unspecified atom stereocenters. The number of aryl methyl sites for hydroxylation is 4. The zero-order chi connectivity index (χ0) is 24.0. The number of rotatable bonds is 1. The van der Waals surface area contributed by atoms with Gasteiger partial charge in [-0.05, 0) is 83.1 Å². The summed E-state index contributed by atoms with van der Waals surface area (Å²) < 4.78 is 0. The van der Waals surface area contributed by atoms with E-state index in [0.717, 1.165) is 46.6 Å². The Morgan fingerprint density at radius 1 is 0.694 bits per heavy atom. The molecule has 0 saturated heterocycles. The van der Waals surface area contributed by atoms with Crippen LogP contribution in [-0.4, -0.2) is 24.9 Å². The van der Waals surface area contributed by atoms with Gasteiger partial charge in [-0.3, -0.25) is 4.98 Å². The highest BCUT2D eigenvalue weighted by molar-refractivity contribution is 6.23. The summed E-state index contributed by atoms with van der Waals surface area (Å²) in [6, 6.07) is 20.2. The molecule has 0 fully saturated rings. The van der Waals surface area contributed by atoms with E-state index in [9.17, 15) is 0 Å². The molecule has 0 saturated carbocycles. The SMILES string of the molecule is Cc1nc2c([nH]1)CCc1c-2ccc2cc(-c3ccc4c(c3)c3ccncc3c3nc(C)[nH]c43)ccc12. The molecule has 1 aliphatic rings. The van der Waals surface area contributed by atoms with Gasteiger partial charge in [0.1, 0.15) is 11.6 Å². The average molecular weight is 466 g/mol. The second kappa shape index (κ2) is 7.01. The molecule has 0 bridgehead atoms. The molecule has 4 aromatic carbocycles. The molecule has 0 radical (unpaired) electrons. The van der Waals surface area contributed by atoms with Gasteiger partial charge < -0.3 is 9.97 Å². The lowest BCUT2D eigenvalue weighted by Gasteiger charge is -2.18. The quantitative estimate of drug-likeness (QED) is 0.252. The first-order chi connectivity index (χ1) is 17.6. The van der Waals surface area contributed by atoms with Gasteiger partial charge in [-0.15, -0.1) is 0 Å². The lowest BCUT2D eigenvalue weighted by atomic mass is 9.87. The Kier molecular flexibility index (Phi) is 3.85. The monoisotopic (exact) mass is 465 g/mol. The van der Waals surface area contributed by atoms with Crippen molar-refractivity contribution in [2.45, 2.75) is 26.7 Å². The van der Waals surface area contributed by atoms with Crippen molar-refractivity contribution in [3.05, 3.63) is 89.9 Å². The van der Waals surface area contributed by atoms with Gasteiger partial charge in [0, 0.05) is 34.4 Å². The first kappa shape index (κ1) is 19.8. The maximum absolute atomic E-state index is 4.77. The van der Waals surface area contributed by atoms with Crippen LogP contribution in [0, 0.1) is 13.8 Å². The van der Waals surface area contributed by atoms with Crippen LogP contribution in [0.5, 0.6) is 0 Å². The predicted molar refractivity (Wildman–Crippen MR) is 146 cm³/mol. The summed E-state index contributed by atoms with van der Waals surface area (Å²) in [4.78, 5) is 20.8.